The van der Waals surface area contributed by atoms with E-state index < -0.39 is 0 Å². The highest BCUT2D eigenvalue weighted by Gasteiger charge is 2.21. The average molecular weight is 245 g/mol. The van der Waals surface area contributed by atoms with E-state index in [1.807, 2.05) is 12.1 Å². The molecule has 0 aliphatic carbocycles. The van der Waals surface area contributed by atoms with Gasteiger partial charge in [-0.2, -0.15) is 0 Å². The summed E-state index contributed by atoms with van der Waals surface area (Å²) in [5, 5.41) is 3.36. The van der Waals surface area contributed by atoms with Crippen LogP contribution in [0.2, 0.25) is 0 Å². The molecule has 5 nitrogen and oxygen atoms in total. The van der Waals surface area contributed by atoms with E-state index in [0.29, 0.717) is 19.1 Å². The van der Waals surface area contributed by atoms with E-state index in [4.69, 9.17) is 9.47 Å². The standard InChI is InChI=1S/C13H15N3O2/c1-2-14-7-8(1)13-15-9-5-11-12(6-10(9)16-13)18-4-3-17-11/h5-6,8,14H,1-4,7H2,(H,15,16). The molecule has 5 heteroatoms. The third kappa shape index (κ3) is 1.54. The molecule has 2 aliphatic rings. The lowest BCUT2D eigenvalue weighted by Crippen LogP contribution is -2.15. The number of aromatic amines is 1. The predicted octanol–water partition coefficient (Wildman–Crippen LogP) is 1.41. The maximum Gasteiger partial charge on any atom is 0.163 e. The van der Waals surface area contributed by atoms with Crippen LogP contribution in [0.25, 0.3) is 11.0 Å². The Morgan fingerprint density at radius 1 is 1.17 bits per heavy atom. The Hall–Kier alpha value is -1.75. The lowest BCUT2D eigenvalue weighted by atomic mass is 10.1. The number of fused-ring (bicyclic) bond motifs is 2. The zero-order valence-electron chi connectivity index (χ0n) is 10.0. The summed E-state index contributed by atoms with van der Waals surface area (Å²) in [6.07, 6.45) is 1.15. The molecule has 18 heavy (non-hydrogen) atoms. The maximum atomic E-state index is 5.58. The monoisotopic (exact) mass is 245 g/mol. The second-order valence-corrected chi connectivity index (χ2v) is 4.82. The van der Waals surface area contributed by atoms with Crippen molar-refractivity contribution in [1.82, 2.24) is 15.3 Å². The highest BCUT2D eigenvalue weighted by molar-refractivity contribution is 5.80. The van der Waals surface area contributed by atoms with E-state index >= 15 is 0 Å². The molecule has 94 valence electrons. The molecule has 2 aliphatic heterocycles. The van der Waals surface area contributed by atoms with E-state index in [2.05, 4.69) is 15.3 Å². The fraction of sp³-hybridized carbons (Fsp3) is 0.462. The first-order valence-corrected chi connectivity index (χ1v) is 6.40. The van der Waals surface area contributed by atoms with Gasteiger partial charge < -0.3 is 19.8 Å². The minimum absolute atomic E-state index is 0.497. The number of hydrogen-bond acceptors (Lipinski definition) is 4. The average Bonchev–Trinajstić information content (AvgIpc) is 3.04. The molecule has 2 N–H and O–H groups in total. The largest absolute Gasteiger partial charge is 0.486 e. The molecule has 3 heterocycles. The highest BCUT2D eigenvalue weighted by atomic mass is 16.6. The van der Waals surface area contributed by atoms with Gasteiger partial charge in [-0.15, -0.1) is 0 Å². The Labute approximate surface area is 104 Å². The summed E-state index contributed by atoms with van der Waals surface area (Å²) in [5.74, 6) is 3.18. The molecule has 1 unspecified atom stereocenters. The molecule has 0 bridgehead atoms. The van der Waals surface area contributed by atoms with E-state index in [-0.39, 0.29) is 0 Å². The number of ether oxygens (including phenoxy) is 2. The van der Waals surface area contributed by atoms with Crippen LogP contribution in [0.5, 0.6) is 11.5 Å². The van der Waals surface area contributed by atoms with Gasteiger partial charge in [0.1, 0.15) is 19.0 Å². The first-order chi connectivity index (χ1) is 8.90. The van der Waals surface area contributed by atoms with E-state index in [1.165, 1.54) is 0 Å². The molecule has 2 aromatic rings. The smallest absolute Gasteiger partial charge is 0.163 e. The van der Waals surface area contributed by atoms with Crippen molar-refractivity contribution in [3.8, 4) is 11.5 Å². The normalized spacial score (nSPS) is 22.6. The van der Waals surface area contributed by atoms with Gasteiger partial charge in [0.25, 0.3) is 0 Å². The van der Waals surface area contributed by atoms with Gasteiger partial charge in [0, 0.05) is 24.6 Å². The molecule has 1 atom stereocenters. The Kier molecular flexibility index (Phi) is 2.20. The fourth-order valence-electron chi connectivity index (χ4n) is 2.65. The summed E-state index contributed by atoms with van der Waals surface area (Å²) >= 11 is 0. The Morgan fingerprint density at radius 2 is 2.00 bits per heavy atom. The zero-order chi connectivity index (χ0) is 11.9. The maximum absolute atomic E-state index is 5.58. The first-order valence-electron chi connectivity index (χ1n) is 6.40. The Balaban J connectivity index is 1.79. The van der Waals surface area contributed by atoms with Gasteiger partial charge in [-0.25, -0.2) is 4.98 Å². The van der Waals surface area contributed by atoms with E-state index in [0.717, 1.165) is 47.9 Å². The third-order valence-electron chi connectivity index (χ3n) is 3.61. The van der Waals surface area contributed by atoms with Gasteiger partial charge >= 0.3 is 0 Å². The molecule has 0 radical (unpaired) electrons. The summed E-state index contributed by atoms with van der Waals surface area (Å²) in [4.78, 5) is 8.07. The number of benzene rings is 1. The fourth-order valence-corrected chi connectivity index (χ4v) is 2.65. The number of nitrogens with one attached hydrogen (secondary N) is 2. The number of rotatable bonds is 1. The van der Waals surface area contributed by atoms with Crippen molar-refractivity contribution in [2.45, 2.75) is 12.3 Å². The van der Waals surface area contributed by atoms with E-state index in [1.54, 1.807) is 0 Å². The number of aromatic nitrogens is 2. The van der Waals surface area contributed by atoms with Gasteiger partial charge in [-0.05, 0) is 13.0 Å². The van der Waals surface area contributed by atoms with Crippen LogP contribution in [0.15, 0.2) is 12.1 Å². The molecule has 1 aromatic heterocycles. The van der Waals surface area contributed by atoms with Crippen LogP contribution >= 0.6 is 0 Å². The van der Waals surface area contributed by atoms with Crippen molar-refractivity contribution in [3.05, 3.63) is 18.0 Å². The molecule has 0 spiro atoms. The molecular weight excluding hydrogens is 230 g/mol. The summed E-state index contributed by atoms with van der Waals surface area (Å²) in [6, 6.07) is 3.95. The van der Waals surface area contributed by atoms with Crippen molar-refractivity contribution in [2.75, 3.05) is 26.3 Å². The minimum atomic E-state index is 0.497. The van der Waals surface area contributed by atoms with Crippen LogP contribution < -0.4 is 14.8 Å². The lowest BCUT2D eigenvalue weighted by Gasteiger charge is -2.17. The van der Waals surface area contributed by atoms with Crippen molar-refractivity contribution < 1.29 is 9.47 Å². The van der Waals surface area contributed by atoms with E-state index in [9.17, 15) is 0 Å². The second-order valence-electron chi connectivity index (χ2n) is 4.82. The Bertz CT molecular complexity index is 544. The summed E-state index contributed by atoms with van der Waals surface area (Å²) in [6.45, 7) is 3.31. The zero-order valence-corrected chi connectivity index (χ0v) is 10.0. The first kappa shape index (κ1) is 10.2. The van der Waals surface area contributed by atoms with Crippen molar-refractivity contribution in [3.63, 3.8) is 0 Å². The van der Waals surface area contributed by atoms with Gasteiger partial charge in [-0.1, -0.05) is 0 Å². The van der Waals surface area contributed by atoms with Crippen molar-refractivity contribution in [1.29, 1.82) is 0 Å². The lowest BCUT2D eigenvalue weighted by molar-refractivity contribution is 0.172. The minimum Gasteiger partial charge on any atom is -0.486 e. The SMILES string of the molecule is c1c2c(cc3[nH]c(C4CCNC4)nc13)OCCO2. The van der Waals surface area contributed by atoms with Gasteiger partial charge in [0.15, 0.2) is 11.5 Å². The predicted molar refractivity (Wildman–Crippen MR) is 67.3 cm³/mol. The molecule has 0 amide bonds. The van der Waals surface area contributed by atoms with Crippen molar-refractivity contribution in [2.24, 2.45) is 0 Å². The molecule has 1 aromatic carbocycles. The topological polar surface area (TPSA) is 59.2 Å². The van der Waals surface area contributed by atoms with Crippen LogP contribution in [-0.4, -0.2) is 36.3 Å². The third-order valence-corrected chi connectivity index (χ3v) is 3.61. The van der Waals surface area contributed by atoms with Crippen LogP contribution in [-0.2, 0) is 0 Å². The van der Waals surface area contributed by atoms with Crippen LogP contribution in [0.4, 0.5) is 0 Å². The number of hydrogen-bond donors (Lipinski definition) is 2. The molecular formula is C13H15N3O2. The van der Waals surface area contributed by atoms with Gasteiger partial charge in [0.2, 0.25) is 0 Å². The van der Waals surface area contributed by atoms with Crippen molar-refractivity contribution >= 4 is 11.0 Å². The number of imidazole rings is 1. The van der Waals surface area contributed by atoms with Gasteiger partial charge in [0.05, 0.1) is 11.0 Å². The second kappa shape index (κ2) is 3.88. The number of H-pyrrole nitrogens is 1. The number of nitrogens with zero attached hydrogens (tertiary/aromatic N) is 1. The van der Waals surface area contributed by atoms with Crippen LogP contribution in [0.3, 0.4) is 0 Å². The molecule has 4 rings (SSSR count). The summed E-state index contributed by atoms with van der Waals surface area (Å²) in [5.41, 5.74) is 1.99. The van der Waals surface area contributed by atoms with Gasteiger partial charge in [-0.3, -0.25) is 0 Å². The quantitative estimate of drug-likeness (QED) is 0.797. The summed E-state index contributed by atoms with van der Waals surface area (Å²) in [7, 11) is 0. The molecule has 1 saturated heterocycles. The molecule has 1 fully saturated rings. The van der Waals surface area contributed by atoms with Crippen LogP contribution in [0, 0.1) is 0 Å². The Morgan fingerprint density at radius 3 is 2.78 bits per heavy atom. The highest BCUT2D eigenvalue weighted by Crippen LogP contribution is 2.34. The molecule has 0 saturated carbocycles. The van der Waals surface area contributed by atoms with Crippen LogP contribution in [0.1, 0.15) is 18.2 Å². The summed E-state index contributed by atoms with van der Waals surface area (Å²) < 4.78 is 11.2.